The molecule has 44 heavy (non-hydrogen) atoms. The Morgan fingerprint density at radius 3 is 2.43 bits per heavy atom. The first kappa shape index (κ1) is 30.3. The van der Waals surface area contributed by atoms with Crippen LogP contribution in [-0.4, -0.2) is 43.0 Å². The van der Waals surface area contributed by atoms with Crippen LogP contribution in [-0.2, 0) is 24.4 Å². The van der Waals surface area contributed by atoms with Crippen LogP contribution in [0.15, 0.2) is 85.9 Å². The molecule has 0 spiro atoms. The summed E-state index contributed by atoms with van der Waals surface area (Å²) in [5, 5.41) is 7.49. The van der Waals surface area contributed by atoms with Gasteiger partial charge in [0.1, 0.15) is 11.0 Å². The van der Waals surface area contributed by atoms with Crippen molar-refractivity contribution in [1.29, 1.82) is 0 Å². The van der Waals surface area contributed by atoms with Crippen molar-refractivity contribution in [2.45, 2.75) is 28.0 Å². The van der Waals surface area contributed by atoms with Crippen molar-refractivity contribution < 1.29 is 27.5 Å². The second-order valence-corrected chi connectivity index (χ2v) is 14.8. The van der Waals surface area contributed by atoms with Crippen LogP contribution in [0.3, 0.4) is 0 Å². The van der Waals surface area contributed by atoms with Crippen LogP contribution in [0, 0.1) is 12.8 Å². The number of imide groups is 1. The minimum atomic E-state index is -3.88. The summed E-state index contributed by atoms with van der Waals surface area (Å²) in [6, 6.07) is 17.6. The maximum Gasteiger partial charge on any atom is 0.305 e. The van der Waals surface area contributed by atoms with Crippen LogP contribution in [0.25, 0.3) is 0 Å². The summed E-state index contributed by atoms with van der Waals surface area (Å²) in [5.74, 6) is -2.54. The Hall–Kier alpha value is -3.76. The van der Waals surface area contributed by atoms with Crippen LogP contribution in [0.2, 0.25) is 0 Å². The standard InChI is InChI=1S/C29H23BrN4O7S3/c1-14-2-7-17(8-3-14)34-27(36)23-22(24-26(33-29(38)43-24)42-25(23)28(34)37)19-12-15(30)4-11-20(19)41-13-21(35)32-16-5-9-18(10-6-16)44(31,39)40/h2-12,22-23,25H,13H2,1H3,(H,32,35)(H,33,38)(H2,31,39,40). The number of carbonyl (C=O) groups excluding carboxylic acids is 3. The van der Waals surface area contributed by atoms with Gasteiger partial charge in [0.2, 0.25) is 21.8 Å². The lowest BCUT2D eigenvalue weighted by molar-refractivity contribution is -0.122. The molecular weight excluding hydrogens is 692 g/mol. The number of fused-ring (bicyclic) bond motifs is 2. The van der Waals surface area contributed by atoms with Gasteiger partial charge in [0.05, 0.1) is 21.5 Å². The SMILES string of the molecule is Cc1ccc(N2C(=O)C3Sc4[nH]c(=O)sc4C(c4cc(Br)ccc4OCC(=O)Nc4ccc(S(N)(=O)=O)cc4)C3C2=O)cc1. The molecule has 4 aromatic rings. The maximum atomic E-state index is 14.0. The first-order valence-corrected chi connectivity index (χ1v) is 17.1. The van der Waals surface area contributed by atoms with Crippen LogP contribution >= 0.6 is 39.0 Å². The lowest BCUT2D eigenvalue weighted by Crippen LogP contribution is -2.32. The highest BCUT2D eigenvalue weighted by atomic mass is 79.9. The summed E-state index contributed by atoms with van der Waals surface area (Å²) in [5.41, 5.74) is 2.32. The van der Waals surface area contributed by atoms with E-state index in [-0.39, 0.29) is 21.6 Å². The van der Waals surface area contributed by atoms with Crippen LogP contribution in [0.5, 0.6) is 5.75 Å². The minimum Gasteiger partial charge on any atom is -0.483 e. The van der Waals surface area contributed by atoms with E-state index in [1.165, 1.54) is 40.9 Å². The number of thioether (sulfide) groups is 1. The van der Waals surface area contributed by atoms with Gasteiger partial charge in [-0.2, -0.15) is 0 Å². The van der Waals surface area contributed by atoms with Gasteiger partial charge in [-0.15, -0.1) is 0 Å². The van der Waals surface area contributed by atoms with Gasteiger partial charge < -0.3 is 15.0 Å². The largest absolute Gasteiger partial charge is 0.483 e. The number of ether oxygens (including phenoxy) is 1. The highest BCUT2D eigenvalue weighted by molar-refractivity contribution is 9.10. The Morgan fingerprint density at radius 2 is 1.75 bits per heavy atom. The van der Waals surface area contributed by atoms with Gasteiger partial charge in [-0.25, -0.2) is 18.5 Å². The van der Waals surface area contributed by atoms with Gasteiger partial charge in [-0.1, -0.05) is 56.7 Å². The summed E-state index contributed by atoms with van der Waals surface area (Å²) >= 11 is 5.63. The van der Waals surface area contributed by atoms with Crippen molar-refractivity contribution in [3.05, 3.63) is 96.9 Å². The van der Waals surface area contributed by atoms with Gasteiger partial charge in [0.15, 0.2) is 6.61 Å². The maximum absolute atomic E-state index is 14.0. The van der Waals surface area contributed by atoms with Crippen molar-refractivity contribution in [3.63, 3.8) is 0 Å². The quantitative estimate of drug-likeness (QED) is 0.242. The first-order chi connectivity index (χ1) is 20.9. The third-order valence-electron chi connectivity index (χ3n) is 7.25. The molecule has 0 radical (unpaired) electrons. The molecule has 1 fully saturated rings. The number of sulfonamides is 1. The normalized spacial score (nSPS) is 19.4. The number of primary sulfonamides is 1. The van der Waals surface area contributed by atoms with Gasteiger partial charge in [-0.3, -0.25) is 19.2 Å². The number of H-pyrrole nitrogens is 1. The van der Waals surface area contributed by atoms with Crippen molar-refractivity contribution in [1.82, 2.24) is 4.98 Å². The van der Waals surface area contributed by atoms with Crippen LogP contribution in [0.1, 0.15) is 21.9 Å². The number of carbonyl (C=O) groups is 3. The fourth-order valence-corrected chi connectivity index (χ4v) is 8.66. The Kier molecular flexibility index (Phi) is 8.00. The van der Waals surface area contributed by atoms with Crippen LogP contribution < -0.4 is 25.0 Å². The molecule has 0 saturated carbocycles. The van der Waals surface area contributed by atoms with E-state index in [2.05, 4.69) is 26.2 Å². The molecule has 0 bridgehead atoms. The molecule has 226 valence electrons. The molecule has 0 aliphatic carbocycles. The molecule has 2 aliphatic rings. The number of thiazole rings is 1. The fourth-order valence-electron chi connectivity index (χ4n) is 5.26. The number of aromatic amines is 1. The third-order valence-corrected chi connectivity index (χ3v) is 11.1. The number of aromatic nitrogens is 1. The number of aryl methyl sites for hydroxylation is 1. The van der Waals surface area contributed by atoms with E-state index in [1.54, 1.807) is 30.3 Å². The van der Waals surface area contributed by atoms with E-state index in [1.807, 2.05) is 19.1 Å². The van der Waals surface area contributed by atoms with Crippen molar-refractivity contribution in [3.8, 4) is 5.75 Å². The molecule has 3 heterocycles. The van der Waals surface area contributed by atoms with E-state index in [0.717, 1.165) is 16.9 Å². The lowest BCUT2D eigenvalue weighted by atomic mass is 9.82. The third kappa shape index (κ3) is 5.73. The number of hydrogen-bond acceptors (Lipinski definition) is 9. The minimum absolute atomic E-state index is 0.0949. The van der Waals surface area contributed by atoms with Crippen LogP contribution in [0.4, 0.5) is 11.4 Å². The van der Waals surface area contributed by atoms with Gasteiger partial charge in [-0.05, 0) is 61.5 Å². The average molecular weight is 716 g/mol. The van der Waals surface area contributed by atoms with Crippen molar-refractivity contribution in [2.75, 3.05) is 16.8 Å². The molecule has 2 aliphatic heterocycles. The zero-order valence-corrected chi connectivity index (χ0v) is 26.8. The van der Waals surface area contributed by atoms with E-state index in [0.29, 0.717) is 37.1 Å². The van der Waals surface area contributed by atoms with E-state index >= 15 is 0 Å². The van der Waals surface area contributed by atoms with E-state index < -0.39 is 39.6 Å². The Bertz CT molecular complexity index is 1970. The molecule has 11 nitrogen and oxygen atoms in total. The van der Waals surface area contributed by atoms with Gasteiger partial charge in [0, 0.05) is 26.5 Å². The number of halogens is 1. The Labute approximate surface area is 268 Å². The lowest BCUT2D eigenvalue weighted by Gasteiger charge is -2.31. The molecule has 6 rings (SSSR count). The Morgan fingerprint density at radius 1 is 1.05 bits per heavy atom. The molecule has 3 amide bonds. The molecular formula is C29H23BrN4O7S3. The summed E-state index contributed by atoms with van der Waals surface area (Å²) < 4.78 is 29.6. The summed E-state index contributed by atoms with van der Waals surface area (Å²) in [6.07, 6.45) is 0. The number of anilines is 2. The first-order valence-electron chi connectivity index (χ1n) is 13.1. The molecule has 3 atom stereocenters. The predicted octanol–water partition coefficient (Wildman–Crippen LogP) is 3.97. The number of rotatable bonds is 7. The highest BCUT2D eigenvalue weighted by Crippen LogP contribution is 2.54. The predicted molar refractivity (Wildman–Crippen MR) is 170 cm³/mol. The summed E-state index contributed by atoms with van der Waals surface area (Å²) in [7, 11) is -3.88. The highest BCUT2D eigenvalue weighted by Gasteiger charge is 2.56. The van der Waals surface area contributed by atoms with Gasteiger partial charge in [0.25, 0.3) is 5.91 Å². The summed E-state index contributed by atoms with van der Waals surface area (Å²) in [6.45, 7) is 1.50. The zero-order valence-electron chi connectivity index (χ0n) is 22.8. The number of amides is 3. The topological polar surface area (TPSA) is 169 Å². The van der Waals surface area contributed by atoms with Crippen molar-refractivity contribution >= 4 is 78.1 Å². The number of nitrogens with zero attached hydrogens (tertiary/aromatic N) is 1. The second-order valence-electron chi connectivity index (χ2n) is 10.2. The number of nitrogens with one attached hydrogen (secondary N) is 2. The van der Waals surface area contributed by atoms with Gasteiger partial charge >= 0.3 is 4.87 Å². The zero-order chi connectivity index (χ0) is 31.3. The second kappa shape index (κ2) is 11.6. The number of benzene rings is 3. The number of nitrogens with two attached hydrogens (primary N) is 1. The van der Waals surface area contributed by atoms with E-state index in [9.17, 15) is 27.6 Å². The average Bonchev–Trinajstić information content (AvgIpc) is 3.46. The molecule has 1 aromatic heterocycles. The van der Waals surface area contributed by atoms with Crippen molar-refractivity contribution in [2.24, 2.45) is 11.1 Å². The molecule has 3 unspecified atom stereocenters. The number of hydrogen-bond donors (Lipinski definition) is 3. The fraction of sp³-hybridized carbons (Fsp3) is 0.172. The monoisotopic (exact) mass is 714 g/mol. The molecule has 1 saturated heterocycles. The smallest absolute Gasteiger partial charge is 0.305 e. The summed E-state index contributed by atoms with van der Waals surface area (Å²) in [4.78, 5) is 57.2. The molecule has 15 heteroatoms. The molecule has 4 N–H and O–H groups in total. The Balaban J connectivity index is 1.32. The van der Waals surface area contributed by atoms with E-state index in [4.69, 9.17) is 9.88 Å². The molecule has 3 aromatic carbocycles.